The lowest BCUT2D eigenvalue weighted by Crippen LogP contribution is -2.05. The average molecular weight is 425 g/mol. The van der Waals surface area contributed by atoms with Crippen LogP contribution in [-0.2, 0) is 0 Å². The Kier molecular flexibility index (Phi) is 27.0. The van der Waals surface area contributed by atoms with Crippen molar-refractivity contribution < 1.29 is 5.11 Å². The van der Waals surface area contributed by atoms with Gasteiger partial charge in [0.25, 0.3) is 0 Å². The van der Waals surface area contributed by atoms with E-state index < -0.39 is 0 Å². The molecule has 0 aromatic carbocycles. The molecule has 0 heterocycles. The lowest BCUT2D eigenvalue weighted by molar-refractivity contribution is 0.147. The fourth-order valence-corrected chi connectivity index (χ4v) is 4.59. The third kappa shape index (κ3) is 26.0. The lowest BCUT2D eigenvalue weighted by Gasteiger charge is -2.10. The van der Waals surface area contributed by atoms with Gasteiger partial charge in [0.15, 0.2) is 0 Å². The highest BCUT2D eigenvalue weighted by atomic mass is 16.3. The summed E-state index contributed by atoms with van der Waals surface area (Å²) in [5.74, 6) is 0. The van der Waals surface area contributed by atoms with Gasteiger partial charge in [-0.1, -0.05) is 168 Å². The van der Waals surface area contributed by atoms with Gasteiger partial charge in [0.2, 0.25) is 0 Å². The summed E-state index contributed by atoms with van der Waals surface area (Å²) in [5, 5.41) is 10.2. The Morgan fingerprint density at radius 1 is 0.333 bits per heavy atom. The molecule has 0 spiro atoms. The summed E-state index contributed by atoms with van der Waals surface area (Å²) in [6.45, 7) is 4.58. The molecular formula is C29H60O. The smallest absolute Gasteiger partial charge is 0.0540 e. The van der Waals surface area contributed by atoms with Gasteiger partial charge in [-0.3, -0.25) is 0 Å². The van der Waals surface area contributed by atoms with Gasteiger partial charge in [0, 0.05) is 0 Å². The highest BCUT2D eigenvalue weighted by molar-refractivity contribution is 4.58. The predicted molar refractivity (Wildman–Crippen MR) is 137 cm³/mol. The summed E-state index contributed by atoms with van der Waals surface area (Å²) in [4.78, 5) is 0. The maximum atomic E-state index is 10.2. The number of aliphatic hydroxyl groups excluding tert-OH is 1. The van der Waals surface area contributed by atoms with Crippen LogP contribution < -0.4 is 0 Å². The normalized spacial score (nSPS) is 12.5. The van der Waals surface area contributed by atoms with E-state index in [2.05, 4.69) is 13.8 Å². The minimum Gasteiger partial charge on any atom is -0.393 e. The Balaban J connectivity index is 3.12. The molecule has 0 amide bonds. The van der Waals surface area contributed by atoms with Crippen molar-refractivity contribution in [2.45, 2.75) is 187 Å². The van der Waals surface area contributed by atoms with E-state index in [0.29, 0.717) is 0 Å². The highest BCUT2D eigenvalue weighted by Gasteiger charge is 2.03. The molecule has 182 valence electrons. The van der Waals surface area contributed by atoms with Crippen molar-refractivity contribution in [1.82, 2.24) is 0 Å². The van der Waals surface area contributed by atoms with Gasteiger partial charge in [-0.25, -0.2) is 0 Å². The van der Waals surface area contributed by atoms with Gasteiger partial charge < -0.3 is 5.11 Å². The van der Waals surface area contributed by atoms with E-state index in [-0.39, 0.29) is 6.10 Å². The van der Waals surface area contributed by atoms with Gasteiger partial charge in [-0.05, 0) is 12.8 Å². The Bertz CT molecular complexity index is 288. The molecule has 0 saturated carbocycles. The van der Waals surface area contributed by atoms with E-state index in [1.54, 1.807) is 0 Å². The molecule has 30 heavy (non-hydrogen) atoms. The molecular weight excluding hydrogens is 364 g/mol. The van der Waals surface area contributed by atoms with Crippen LogP contribution in [0.25, 0.3) is 0 Å². The van der Waals surface area contributed by atoms with Crippen molar-refractivity contribution in [3.63, 3.8) is 0 Å². The molecule has 1 atom stereocenters. The first-order valence-corrected chi connectivity index (χ1v) is 14.5. The van der Waals surface area contributed by atoms with E-state index in [4.69, 9.17) is 0 Å². The molecule has 0 aromatic heterocycles. The third-order valence-electron chi connectivity index (χ3n) is 6.78. The molecule has 0 bridgehead atoms. The Labute approximate surface area is 192 Å². The molecule has 0 rings (SSSR count). The number of unbranched alkanes of at least 4 members (excludes halogenated alkanes) is 22. The minimum atomic E-state index is -0.0311. The topological polar surface area (TPSA) is 20.2 Å². The maximum Gasteiger partial charge on any atom is 0.0540 e. The summed E-state index contributed by atoms with van der Waals surface area (Å²) >= 11 is 0. The first kappa shape index (κ1) is 30.0. The van der Waals surface area contributed by atoms with Crippen LogP contribution in [0, 0.1) is 0 Å². The van der Waals surface area contributed by atoms with Crippen LogP contribution in [0.5, 0.6) is 0 Å². The summed E-state index contributed by atoms with van der Waals surface area (Å²) in [5.41, 5.74) is 0. The Hall–Kier alpha value is -0.0400. The van der Waals surface area contributed by atoms with Gasteiger partial charge in [-0.15, -0.1) is 0 Å². The van der Waals surface area contributed by atoms with E-state index in [1.165, 1.54) is 154 Å². The second kappa shape index (κ2) is 27.0. The second-order valence-electron chi connectivity index (χ2n) is 10.0. The molecule has 0 aromatic rings. The highest BCUT2D eigenvalue weighted by Crippen LogP contribution is 2.16. The minimum absolute atomic E-state index is 0.0311. The third-order valence-corrected chi connectivity index (χ3v) is 6.78. The number of hydrogen-bond acceptors (Lipinski definition) is 1. The molecule has 1 N–H and O–H groups in total. The molecule has 1 unspecified atom stereocenters. The average Bonchev–Trinajstić information content (AvgIpc) is 2.75. The molecule has 1 heteroatoms. The van der Waals surface area contributed by atoms with Crippen LogP contribution in [0.1, 0.15) is 181 Å². The van der Waals surface area contributed by atoms with Crippen molar-refractivity contribution in [1.29, 1.82) is 0 Å². The fraction of sp³-hybridized carbons (Fsp3) is 1.00. The zero-order valence-electron chi connectivity index (χ0n) is 21.4. The van der Waals surface area contributed by atoms with Gasteiger partial charge in [-0.2, -0.15) is 0 Å². The zero-order chi connectivity index (χ0) is 22.0. The van der Waals surface area contributed by atoms with Gasteiger partial charge in [0.05, 0.1) is 6.10 Å². The standard InChI is InChI=1S/C29H60O/c1-3-5-7-9-11-13-15-16-17-18-20-22-24-26-28-29(30)27-25-23-21-19-14-12-10-8-6-4-2/h29-30H,3-28H2,1-2H3. The monoisotopic (exact) mass is 424 g/mol. The van der Waals surface area contributed by atoms with E-state index >= 15 is 0 Å². The Morgan fingerprint density at radius 3 is 0.767 bits per heavy atom. The first-order valence-electron chi connectivity index (χ1n) is 14.5. The molecule has 1 nitrogen and oxygen atoms in total. The Morgan fingerprint density at radius 2 is 0.533 bits per heavy atom. The van der Waals surface area contributed by atoms with Crippen LogP contribution in [0.15, 0.2) is 0 Å². The largest absolute Gasteiger partial charge is 0.393 e. The van der Waals surface area contributed by atoms with E-state index in [9.17, 15) is 5.11 Å². The molecule has 0 aliphatic carbocycles. The SMILES string of the molecule is CCCCCCCCCCCCCCCCC(O)CCCCCCCCCCCC. The van der Waals surface area contributed by atoms with E-state index in [0.717, 1.165) is 12.8 Å². The number of aliphatic hydroxyl groups is 1. The zero-order valence-corrected chi connectivity index (χ0v) is 21.4. The first-order chi connectivity index (χ1) is 14.8. The summed E-state index contributed by atoms with van der Waals surface area (Å²) in [6, 6.07) is 0. The van der Waals surface area contributed by atoms with Crippen molar-refractivity contribution in [3.8, 4) is 0 Å². The van der Waals surface area contributed by atoms with Crippen LogP contribution >= 0.6 is 0 Å². The molecule has 0 radical (unpaired) electrons. The van der Waals surface area contributed by atoms with Crippen molar-refractivity contribution in [2.75, 3.05) is 0 Å². The van der Waals surface area contributed by atoms with Crippen molar-refractivity contribution in [3.05, 3.63) is 0 Å². The van der Waals surface area contributed by atoms with Crippen LogP contribution in [0.3, 0.4) is 0 Å². The molecule has 0 saturated heterocycles. The summed E-state index contributed by atoms with van der Waals surface area (Å²) < 4.78 is 0. The van der Waals surface area contributed by atoms with Crippen molar-refractivity contribution in [2.24, 2.45) is 0 Å². The van der Waals surface area contributed by atoms with Crippen LogP contribution in [-0.4, -0.2) is 11.2 Å². The van der Waals surface area contributed by atoms with Gasteiger partial charge in [0.1, 0.15) is 0 Å². The quantitative estimate of drug-likeness (QED) is 0.137. The van der Waals surface area contributed by atoms with Crippen LogP contribution in [0.4, 0.5) is 0 Å². The summed E-state index contributed by atoms with van der Waals surface area (Å²) in [6.07, 6.45) is 35.6. The van der Waals surface area contributed by atoms with Crippen LogP contribution in [0.2, 0.25) is 0 Å². The van der Waals surface area contributed by atoms with Gasteiger partial charge >= 0.3 is 0 Å². The number of hydrogen-bond donors (Lipinski definition) is 1. The lowest BCUT2D eigenvalue weighted by atomic mass is 10.0. The van der Waals surface area contributed by atoms with Crippen molar-refractivity contribution >= 4 is 0 Å². The maximum absolute atomic E-state index is 10.2. The summed E-state index contributed by atoms with van der Waals surface area (Å²) in [7, 11) is 0. The van der Waals surface area contributed by atoms with E-state index in [1.807, 2.05) is 0 Å². The number of rotatable bonds is 26. The second-order valence-corrected chi connectivity index (χ2v) is 10.0. The molecule has 0 fully saturated rings. The molecule has 0 aliphatic rings. The predicted octanol–water partition coefficient (Wildman–Crippen LogP) is 10.5. The molecule has 0 aliphatic heterocycles. The fourth-order valence-electron chi connectivity index (χ4n) is 4.59.